The Morgan fingerprint density at radius 1 is 1.33 bits per heavy atom. The number of halogens is 1. The molecule has 1 aliphatic heterocycles. The third-order valence-corrected chi connectivity index (χ3v) is 2.53. The van der Waals surface area contributed by atoms with E-state index in [1.54, 1.807) is 0 Å². The highest BCUT2D eigenvalue weighted by molar-refractivity contribution is 9.10. The summed E-state index contributed by atoms with van der Waals surface area (Å²) < 4.78 is 1.16. The summed E-state index contributed by atoms with van der Waals surface area (Å²) in [7, 11) is 0. The fraction of sp³-hybridized carbons (Fsp3) is 0.333. The maximum atomic E-state index is 3.47. The molecule has 0 saturated heterocycles. The van der Waals surface area contributed by atoms with Crippen LogP contribution in [0.2, 0.25) is 0 Å². The Hall–Kier alpha value is -0.540. The van der Waals surface area contributed by atoms with Crippen molar-refractivity contribution in [3.8, 4) is 0 Å². The van der Waals surface area contributed by atoms with E-state index < -0.39 is 0 Å². The molecule has 0 aromatic heterocycles. The fourth-order valence-electron chi connectivity index (χ4n) is 1.42. The molecule has 2 rings (SSSR count). The van der Waals surface area contributed by atoms with Gasteiger partial charge in [0.05, 0.1) is 5.69 Å². The van der Waals surface area contributed by atoms with Gasteiger partial charge in [0.1, 0.15) is 0 Å². The molecule has 3 heteroatoms. The molecule has 0 radical (unpaired) electrons. The minimum atomic E-state index is 1.03. The molecule has 0 aliphatic carbocycles. The number of aryl methyl sites for hydroxylation is 1. The zero-order valence-electron chi connectivity index (χ0n) is 6.73. The second kappa shape index (κ2) is 3.46. The number of rotatable bonds is 0. The van der Waals surface area contributed by atoms with E-state index in [-0.39, 0.29) is 0 Å². The molecule has 1 aromatic carbocycles. The molecule has 64 valence electrons. The second-order valence-corrected chi connectivity index (χ2v) is 3.87. The number of benzene rings is 1. The summed E-state index contributed by atoms with van der Waals surface area (Å²) in [5.74, 6) is 0. The van der Waals surface area contributed by atoms with Crippen LogP contribution in [0.1, 0.15) is 12.0 Å². The van der Waals surface area contributed by atoms with Crippen LogP contribution >= 0.6 is 15.9 Å². The molecule has 0 fully saturated rings. The van der Waals surface area contributed by atoms with Gasteiger partial charge in [0, 0.05) is 11.0 Å². The molecule has 2 nitrogen and oxygen atoms in total. The highest BCUT2D eigenvalue weighted by Gasteiger charge is 2.05. The second-order valence-electron chi connectivity index (χ2n) is 2.96. The lowest BCUT2D eigenvalue weighted by Crippen LogP contribution is -2.20. The molecular weight excluding hydrogens is 216 g/mol. The van der Waals surface area contributed by atoms with Gasteiger partial charge in [-0.15, -0.1) is 0 Å². The first-order chi connectivity index (χ1) is 5.86. The van der Waals surface area contributed by atoms with Crippen LogP contribution < -0.4 is 10.9 Å². The summed E-state index contributed by atoms with van der Waals surface area (Å²) in [5, 5.41) is 0. The van der Waals surface area contributed by atoms with E-state index in [9.17, 15) is 0 Å². The van der Waals surface area contributed by atoms with Crippen molar-refractivity contribution in [3.63, 3.8) is 0 Å². The first kappa shape index (κ1) is 8.08. The molecular formula is C9H11BrN2. The van der Waals surface area contributed by atoms with Gasteiger partial charge in [-0.2, -0.15) is 0 Å². The van der Waals surface area contributed by atoms with Gasteiger partial charge < -0.3 is 5.43 Å². The summed E-state index contributed by atoms with van der Waals surface area (Å²) in [6.45, 7) is 1.03. The molecule has 1 aliphatic rings. The standard InChI is InChI=1S/C9H11BrN2/c10-8-3-4-9-7(6-8)2-1-5-11-12-9/h3-4,6,11-12H,1-2,5H2. The third-order valence-electron chi connectivity index (χ3n) is 2.04. The van der Waals surface area contributed by atoms with E-state index in [4.69, 9.17) is 0 Å². The number of hydrogen-bond donors (Lipinski definition) is 2. The Morgan fingerprint density at radius 3 is 3.17 bits per heavy atom. The predicted octanol–water partition coefficient (Wildman–Crippen LogP) is 2.31. The highest BCUT2D eigenvalue weighted by Crippen LogP contribution is 2.22. The van der Waals surface area contributed by atoms with Gasteiger partial charge >= 0.3 is 0 Å². The minimum absolute atomic E-state index is 1.03. The highest BCUT2D eigenvalue weighted by atomic mass is 79.9. The smallest absolute Gasteiger partial charge is 0.0520 e. The van der Waals surface area contributed by atoms with Gasteiger partial charge in [-0.1, -0.05) is 15.9 Å². The number of hydrazine groups is 1. The zero-order chi connectivity index (χ0) is 8.39. The Kier molecular flexibility index (Phi) is 2.33. The zero-order valence-corrected chi connectivity index (χ0v) is 8.32. The van der Waals surface area contributed by atoms with Crippen LogP contribution in [0.3, 0.4) is 0 Å². The van der Waals surface area contributed by atoms with E-state index in [0.29, 0.717) is 0 Å². The van der Waals surface area contributed by atoms with Crippen molar-refractivity contribution in [1.82, 2.24) is 5.43 Å². The maximum absolute atomic E-state index is 3.47. The average Bonchev–Trinajstić information content (AvgIpc) is 2.28. The summed E-state index contributed by atoms with van der Waals surface area (Å²) in [5.41, 5.74) is 8.93. The lowest BCUT2D eigenvalue weighted by Gasteiger charge is -2.07. The summed E-state index contributed by atoms with van der Waals surface area (Å²) in [4.78, 5) is 0. The molecule has 0 amide bonds. The molecule has 12 heavy (non-hydrogen) atoms. The summed E-state index contributed by atoms with van der Waals surface area (Å²) >= 11 is 3.47. The summed E-state index contributed by atoms with van der Waals surface area (Å²) in [6, 6.07) is 6.33. The van der Waals surface area contributed by atoms with E-state index in [1.807, 2.05) is 0 Å². The van der Waals surface area contributed by atoms with Crippen LogP contribution in [0, 0.1) is 0 Å². The molecule has 0 unspecified atom stereocenters. The van der Waals surface area contributed by atoms with Crippen LogP contribution in [0.5, 0.6) is 0 Å². The third kappa shape index (κ3) is 1.62. The Balaban J connectivity index is 2.36. The Bertz CT molecular complexity index is 286. The van der Waals surface area contributed by atoms with Crippen molar-refractivity contribution in [1.29, 1.82) is 0 Å². The van der Waals surface area contributed by atoms with Crippen LogP contribution in [-0.2, 0) is 6.42 Å². The molecule has 0 bridgehead atoms. The number of fused-ring (bicyclic) bond motifs is 1. The van der Waals surface area contributed by atoms with E-state index in [0.717, 1.165) is 17.4 Å². The maximum Gasteiger partial charge on any atom is 0.0520 e. The molecule has 0 saturated carbocycles. The van der Waals surface area contributed by atoms with Crippen LogP contribution in [0.15, 0.2) is 22.7 Å². The van der Waals surface area contributed by atoms with Crippen molar-refractivity contribution in [2.75, 3.05) is 12.0 Å². The van der Waals surface area contributed by atoms with Crippen LogP contribution in [-0.4, -0.2) is 6.54 Å². The molecule has 1 heterocycles. The van der Waals surface area contributed by atoms with E-state index in [2.05, 4.69) is 45.0 Å². The average molecular weight is 227 g/mol. The van der Waals surface area contributed by atoms with Crippen LogP contribution in [0.4, 0.5) is 5.69 Å². The van der Waals surface area contributed by atoms with Crippen molar-refractivity contribution < 1.29 is 0 Å². The quantitative estimate of drug-likeness (QED) is 0.710. The summed E-state index contributed by atoms with van der Waals surface area (Å²) in [6.07, 6.45) is 2.34. The largest absolute Gasteiger partial charge is 0.321 e. The van der Waals surface area contributed by atoms with Crippen molar-refractivity contribution >= 4 is 21.6 Å². The van der Waals surface area contributed by atoms with Crippen molar-refractivity contribution in [2.24, 2.45) is 0 Å². The van der Waals surface area contributed by atoms with Gasteiger partial charge in [0.15, 0.2) is 0 Å². The molecule has 1 aromatic rings. The SMILES string of the molecule is Brc1ccc2c(c1)CCCNN2. The molecule has 0 spiro atoms. The van der Waals surface area contributed by atoms with Gasteiger partial charge in [-0.05, 0) is 36.6 Å². The fourth-order valence-corrected chi connectivity index (χ4v) is 1.82. The first-order valence-electron chi connectivity index (χ1n) is 4.13. The normalized spacial score (nSPS) is 16.1. The van der Waals surface area contributed by atoms with E-state index >= 15 is 0 Å². The van der Waals surface area contributed by atoms with Gasteiger partial charge in [0.2, 0.25) is 0 Å². The Morgan fingerprint density at radius 2 is 2.25 bits per heavy atom. The minimum Gasteiger partial charge on any atom is -0.321 e. The van der Waals surface area contributed by atoms with Gasteiger partial charge in [-0.3, -0.25) is 0 Å². The van der Waals surface area contributed by atoms with Crippen molar-refractivity contribution in [3.05, 3.63) is 28.2 Å². The number of nitrogens with one attached hydrogen (secondary N) is 2. The van der Waals surface area contributed by atoms with Crippen molar-refractivity contribution in [2.45, 2.75) is 12.8 Å². The molecule has 2 N–H and O–H groups in total. The predicted molar refractivity (Wildman–Crippen MR) is 54.1 cm³/mol. The van der Waals surface area contributed by atoms with Gasteiger partial charge in [0.25, 0.3) is 0 Å². The lowest BCUT2D eigenvalue weighted by molar-refractivity contribution is 0.741. The van der Waals surface area contributed by atoms with Gasteiger partial charge in [-0.25, -0.2) is 5.43 Å². The number of anilines is 1. The Labute approximate surface area is 80.5 Å². The van der Waals surface area contributed by atoms with E-state index in [1.165, 1.54) is 17.7 Å². The number of hydrogen-bond acceptors (Lipinski definition) is 2. The monoisotopic (exact) mass is 226 g/mol. The molecule has 0 atom stereocenters. The topological polar surface area (TPSA) is 24.1 Å². The lowest BCUT2D eigenvalue weighted by atomic mass is 10.1. The van der Waals surface area contributed by atoms with Crippen LogP contribution in [0.25, 0.3) is 0 Å². The first-order valence-corrected chi connectivity index (χ1v) is 4.93.